The number of aliphatic hydroxyl groups is 1. The fraction of sp³-hybridized carbons (Fsp3) is 1.00. The van der Waals surface area contributed by atoms with Crippen LogP contribution in [0.1, 0.15) is 65.7 Å². The summed E-state index contributed by atoms with van der Waals surface area (Å²) in [4.78, 5) is 26.9. The number of nitrogens with zero attached hydrogens (tertiary/aromatic N) is 1. The van der Waals surface area contributed by atoms with Crippen molar-refractivity contribution in [2.24, 2.45) is 0 Å². The summed E-state index contributed by atoms with van der Waals surface area (Å²) >= 11 is 0. The van der Waals surface area contributed by atoms with E-state index in [1.165, 1.54) is 58.2 Å². The Labute approximate surface area is 174 Å². The number of hydrogen-bond donors (Lipinski definition) is 6. The van der Waals surface area contributed by atoms with Gasteiger partial charge in [-0.3, -0.25) is 0 Å². The van der Waals surface area contributed by atoms with Crippen molar-refractivity contribution in [3.05, 3.63) is 0 Å². The van der Waals surface area contributed by atoms with Crippen molar-refractivity contribution in [2.45, 2.75) is 77.9 Å². The highest BCUT2D eigenvalue weighted by Gasteiger charge is 2.29. The highest BCUT2D eigenvalue weighted by Crippen LogP contribution is 2.16. The molecule has 0 spiro atoms. The van der Waals surface area contributed by atoms with Crippen LogP contribution in [-0.2, 0) is 0 Å². The summed E-state index contributed by atoms with van der Waals surface area (Å²) in [5.74, 6) is 0. The fourth-order valence-electron chi connectivity index (χ4n) is 3.62. The molecule has 28 heavy (non-hydrogen) atoms. The second-order valence-corrected chi connectivity index (χ2v) is 10.3. The van der Waals surface area contributed by atoms with Crippen LogP contribution in [0.25, 0.3) is 0 Å². The summed E-state index contributed by atoms with van der Waals surface area (Å²) in [6.45, 7) is 13.8. The van der Waals surface area contributed by atoms with Gasteiger partial charge in [0, 0.05) is 25.7 Å². The summed E-state index contributed by atoms with van der Waals surface area (Å²) in [6.07, 6.45) is 7.46. The van der Waals surface area contributed by atoms with Gasteiger partial charge in [0.25, 0.3) is 0 Å². The maximum Gasteiger partial charge on any atom is 0.492 e. The third-order valence-corrected chi connectivity index (χ3v) is 6.30. The average Bonchev–Trinajstić information content (AvgIpc) is 2.64. The third kappa shape index (κ3) is 15.8. The number of quaternary nitrogens is 1. The van der Waals surface area contributed by atoms with E-state index < -0.39 is 8.80 Å². The SMILES string of the molecule is CCCC[N+](CCCC)(CCCC)CC(O)CNCCNCCC[Si](O)(O)O. The van der Waals surface area contributed by atoms with Crippen LogP contribution in [0.3, 0.4) is 0 Å². The van der Waals surface area contributed by atoms with Crippen LogP contribution in [0, 0.1) is 0 Å². The van der Waals surface area contributed by atoms with Crippen molar-refractivity contribution < 1.29 is 24.0 Å². The van der Waals surface area contributed by atoms with Crippen molar-refractivity contribution in [3.8, 4) is 0 Å². The zero-order valence-electron chi connectivity index (χ0n) is 18.6. The normalized spacial score (nSPS) is 13.8. The minimum absolute atomic E-state index is 0.0689. The molecule has 1 atom stereocenters. The van der Waals surface area contributed by atoms with E-state index in [1.807, 2.05) is 0 Å². The molecule has 170 valence electrons. The minimum atomic E-state index is -3.89. The molecule has 0 aromatic carbocycles. The van der Waals surface area contributed by atoms with Crippen molar-refractivity contribution in [3.63, 3.8) is 0 Å². The first-order valence-corrected chi connectivity index (χ1v) is 13.4. The van der Waals surface area contributed by atoms with E-state index in [4.69, 9.17) is 14.4 Å². The van der Waals surface area contributed by atoms with Crippen LogP contribution < -0.4 is 10.6 Å². The van der Waals surface area contributed by atoms with Crippen molar-refractivity contribution in [1.29, 1.82) is 0 Å². The molecule has 6 N–H and O–H groups in total. The molecule has 0 radical (unpaired) electrons. The number of unbranched alkanes of at least 4 members (excludes halogenated alkanes) is 3. The lowest BCUT2D eigenvalue weighted by Crippen LogP contribution is -2.55. The molecular formula is C20H48N3O4Si+. The van der Waals surface area contributed by atoms with Gasteiger partial charge in [-0.2, -0.15) is 0 Å². The van der Waals surface area contributed by atoms with Gasteiger partial charge in [-0.1, -0.05) is 40.0 Å². The van der Waals surface area contributed by atoms with E-state index in [2.05, 4.69) is 31.4 Å². The third-order valence-electron chi connectivity index (χ3n) is 5.28. The van der Waals surface area contributed by atoms with Gasteiger partial charge >= 0.3 is 8.80 Å². The van der Waals surface area contributed by atoms with Crippen LogP contribution in [-0.4, -0.2) is 91.2 Å². The summed E-state index contributed by atoms with van der Waals surface area (Å²) in [6, 6.07) is 0.0689. The molecule has 0 aromatic heterocycles. The molecule has 0 amide bonds. The minimum Gasteiger partial charge on any atom is -0.390 e. The zero-order valence-corrected chi connectivity index (χ0v) is 19.6. The number of nitrogens with one attached hydrogen (secondary N) is 2. The van der Waals surface area contributed by atoms with Crippen molar-refractivity contribution in [1.82, 2.24) is 10.6 Å². The number of aliphatic hydroxyl groups excluding tert-OH is 1. The smallest absolute Gasteiger partial charge is 0.390 e. The maximum atomic E-state index is 10.6. The average molecular weight is 423 g/mol. The van der Waals surface area contributed by atoms with Crippen molar-refractivity contribution >= 4 is 8.80 Å². The Morgan fingerprint density at radius 3 is 1.71 bits per heavy atom. The van der Waals surface area contributed by atoms with E-state index in [1.54, 1.807) is 0 Å². The van der Waals surface area contributed by atoms with E-state index in [-0.39, 0.29) is 12.1 Å². The summed E-state index contributed by atoms with van der Waals surface area (Å²) < 4.78 is 1.05. The van der Waals surface area contributed by atoms with E-state index in [0.717, 1.165) is 24.1 Å². The van der Waals surface area contributed by atoms with E-state index in [9.17, 15) is 5.11 Å². The van der Waals surface area contributed by atoms with Gasteiger partial charge < -0.3 is 34.6 Å². The van der Waals surface area contributed by atoms with E-state index in [0.29, 0.717) is 19.5 Å². The molecule has 0 aliphatic heterocycles. The molecule has 0 aromatic rings. The molecule has 0 aliphatic rings. The summed E-state index contributed by atoms with van der Waals surface area (Å²) in [5.41, 5.74) is 0. The Morgan fingerprint density at radius 1 is 0.750 bits per heavy atom. The Morgan fingerprint density at radius 2 is 1.25 bits per heavy atom. The lowest BCUT2D eigenvalue weighted by molar-refractivity contribution is -0.931. The Kier molecular flexibility index (Phi) is 16.7. The van der Waals surface area contributed by atoms with E-state index >= 15 is 0 Å². The summed E-state index contributed by atoms with van der Waals surface area (Å²) in [7, 11) is -3.89. The first-order valence-electron chi connectivity index (χ1n) is 11.4. The standard InChI is InChI=1S/C20H48N3O4Si/c1-4-7-14-23(15-8-5-2,16-9-6-3)19-20(24)18-22-13-12-21-11-10-17-28(25,26)27/h20-22,24-27H,4-19H2,1-3H3/q+1. The van der Waals surface area contributed by atoms with Crippen LogP contribution in [0.2, 0.25) is 6.04 Å². The fourth-order valence-corrected chi connectivity index (χ4v) is 4.27. The van der Waals surface area contributed by atoms with Gasteiger partial charge in [0.05, 0.1) is 19.6 Å². The second kappa shape index (κ2) is 16.7. The van der Waals surface area contributed by atoms with Gasteiger partial charge in [0.2, 0.25) is 0 Å². The molecule has 0 fully saturated rings. The lowest BCUT2D eigenvalue weighted by atomic mass is 10.1. The van der Waals surface area contributed by atoms with Crippen LogP contribution in [0.5, 0.6) is 0 Å². The van der Waals surface area contributed by atoms with Gasteiger partial charge in [-0.05, 0) is 32.2 Å². The molecule has 0 aliphatic carbocycles. The van der Waals surface area contributed by atoms with Crippen LogP contribution >= 0.6 is 0 Å². The molecule has 0 heterocycles. The zero-order chi connectivity index (χ0) is 21.3. The van der Waals surface area contributed by atoms with Gasteiger partial charge in [-0.15, -0.1) is 0 Å². The molecule has 7 nitrogen and oxygen atoms in total. The largest absolute Gasteiger partial charge is 0.492 e. The second-order valence-electron chi connectivity index (χ2n) is 8.24. The predicted molar refractivity (Wildman–Crippen MR) is 118 cm³/mol. The molecule has 0 saturated carbocycles. The van der Waals surface area contributed by atoms with Crippen LogP contribution in [0.4, 0.5) is 0 Å². The number of hydrogen-bond acceptors (Lipinski definition) is 6. The lowest BCUT2D eigenvalue weighted by Gasteiger charge is -2.40. The highest BCUT2D eigenvalue weighted by atomic mass is 28.4. The molecule has 0 bridgehead atoms. The molecule has 0 saturated heterocycles. The maximum absolute atomic E-state index is 10.6. The Bertz CT molecular complexity index is 335. The van der Waals surface area contributed by atoms with Crippen LogP contribution in [0.15, 0.2) is 0 Å². The number of rotatable bonds is 20. The predicted octanol–water partition coefficient (Wildman–Crippen LogP) is 1.05. The Balaban J connectivity index is 4.21. The van der Waals surface area contributed by atoms with Gasteiger partial charge in [-0.25, -0.2) is 0 Å². The molecule has 0 rings (SSSR count). The first-order chi connectivity index (χ1) is 13.3. The molecule has 1 unspecified atom stereocenters. The summed E-state index contributed by atoms with van der Waals surface area (Å²) in [5, 5.41) is 17.2. The molecule has 8 heteroatoms. The Hall–Kier alpha value is -0.0631. The molecular weight excluding hydrogens is 374 g/mol. The monoisotopic (exact) mass is 422 g/mol. The highest BCUT2D eigenvalue weighted by molar-refractivity contribution is 6.56. The quantitative estimate of drug-likeness (QED) is 0.0995. The van der Waals surface area contributed by atoms with Gasteiger partial charge in [0.15, 0.2) is 0 Å². The first kappa shape index (κ1) is 27.9. The van der Waals surface area contributed by atoms with Gasteiger partial charge in [0.1, 0.15) is 12.6 Å². The van der Waals surface area contributed by atoms with Crippen molar-refractivity contribution in [2.75, 3.05) is 52.4 Å². The topological polar surface area (TPSA) is 105 Å².